The Labute approximate surface area is 101 Å². The van der Waals surface area contributed by atoms with Crippen molar-refractivity contribution >= 4 is 12.0 Å². The number of methoxy groups -OCH3 is 1. The van der Waals surface area contributed by atoms with Crippen molar-refractivity contribution in [3.63, 3.8) is 0 Å². The van der Waals surface area contributed by atoms with Crippen LogP contribution in [0.4, 0.5) is 0 Å². The summed E-state index contributed by atoms with van der Waals surface area (Å²) in [6, 6.07) is 4.92. The van der Waals surface area contributed by atoms with Crippen LogP contribution in [0.1, 0.15) is 22.3 Å². The van der Waals surface area contributed by atoms with E-state index in [1.165, 1.54) is 0 Å². The van der Waals surface area contributed by atoms with E-state index in [1.54, 1.807) is 25.3 Å². The standard InChI is InChI=1S/C13H17NO3/c1-14-8-4-3-5-10-9-11(17-2)6-7-12(10)13(15)16/h3,5-7,9,14H,4,8H2,1-2H3,(H,15,16). The minimum absolute atomic E-state index is 0.284. The molecular weight excluding hydrogens is 218 g/mol. The summed E-state index contributed by atoms with van der Waals surface area (Å²) >= 11 is 0. The normalized spacial score (nSPS) is 10.7. The fraction of sp³-hybridized carbons (Fsp3) is 0.308. The van der Waals surface area contributed by atoms with Gasteiger partial charge in [0.05, 0.1) is 12.7 Å². The first kappa shape index (κ1) is 13.3. The third-order valence-corrected chi connectivity index (χ3v) is 2.35. The smallest absolute Gasteiger partial charge is 0.336 e. The molecule has 17 heavy (non-hydrogen) atoms. The van der Waals surface area contributed by atoms with E-state index < -0.39 is 5.97 Å². The van der Waals surface area contributed by atoms with Crippen LogP contribution < -0.4 is 10.1 Å². The molecular formula is C13H17NO3. The first-order valence-electron chi connectivity index (χ1n) is 5.41. The van der Waals surface area contributed by atoms with Crippen molar-refractivity contribution in [2.75, 3.05) is 20.7 Å². The van der Waals surface area contributed by atoms with Crippen molar-refractivity contribution in [1.29, 1.82) is 0 Å². The molecule has 0 aliphatic heterocycles. The van der Waals surface area contributed by atoms with Crippen LogP contribution in [0, 0.1) is 0 Å². The van der Waals surface area contributed by atoms with E-state index in [1.807, 2.05) is 19.2 Å². The maximum Gasteiger partial charge on any atom is 0.336 e. The summed E-state index contributed by atoms with van der Waals surface area (Å²) in [6.07, 6.45) is 4.60. The second-order valence-corrected chi connectivity index (χ2v) is 3.55. The number of rotatable bonds is 6. The van der Waals surface area contributed by atoms with E-state index in [0.717, 1.165) is 13.0 Å². The first-order chi connectivity index (χ1) is 8.19. The van der Waals surface area contributed by atoms with Crippen LogP contribution in [0.25, 0.3) is 6.08 Å². The fourth-order valence-corrected chi connectivity index (χ4v) is 1.44. The molecule has 0 aliphatic rings. The molecule has 0 unspecified atom stereocenters. The highest BCUT2D eigenvalue weighted by atomic mass is 16.5. The lowest BCUT2D eigenvalue weighted by Crippen LogP contribution is -2.05. The molecule has 1 aromatic rings. The number of nitrogens with one attached hydrogen (secondary N) is 1. The van der Waals surface area contributed by atoms with Crippen LogP contribution in [-0.2, 0) is 0 Å². The van der Waals surface area contributed by atoms with Gasteiger partial charge in [0.25, 0.3) is 0 Å². The molecule has 0 fully saturated rings. The number of carboxylic acid groups (broad SMARTS) is 1. The maximum absolute atomic E-state index is 11.0. The van der Waals surface area contributed by atoms with Gasteiger partial charge in [-0.1, -0.05) is 12.2 Å². The van der Waals surface area contributed by atoms with Crippen molar-refractivity contribution in [2.45, 2.75) is 6.42 Å². The molecule has 0 spiro atoms. The Morgan fingerprint density at radius 2 is 2.29 bits per heavy atom. The topological polar surface area (TPSA) is 58.6 Å². The van der Waals surface area contributed by atoms with Gasteiger partial charge in [0, 0.05) is 0 Å². The minimum Gasteiger partial charge on any atom is -0.497 e. The van der Waals surface area contributed by atoms with Crippen LogP contribution in [0.5, 0.6) is 5.75 Å². The van der Waals surface area contributed by atoms with Crippen LogP contribution in [0.3, 0.4) is 0 Å². The quantitative estimate of drug-likeness (QED) is 0.740. The van der Waals surface area contributed by atoms with Gasteiger partial charge >= 0.3 is 5.97 Å². The van der Waals surface area contributed by atoms with Gasteiger partial charge in [0.1, 0.15) is 5.75 Å². The second kappa shape index (κ2) is 6.70. The number of hydrogen-bond acceptors (Lipinski definition) is 3. The van der Waals surface area contributed by atoms with E-state index in [9.17, 15) is 4.79 Å². The van der Waals surface area contributed by atoms with Gasteiger partial charge < -0.3 is 15.2 Å². The number of carboxylic acids is 1. The minimum atomic E-state index is -0.930. The summed E-state index contributed by atoms with van der Waals surface area (Å²) in [7, 11) is 3.44. The molecule has 2 N–H and O–H groups in total. The molecule has 0 atom stereocenters. The molecule has 1 aromatic carbocycles. The molecule has 0 amide bonds. The lowest BCUT2D eigenvalue weighted by molar-refractivity contribution is 0.0696. The predicted octanol–water partition coefficient (Wildman–Crippen LogP) is 2.02. The Kier molecular flexibility index (Phi) is 5.23. The van der Waals surface area contributed by atoms with E-state index in [0.29, 0.717) is 11.3 Å². The molecule has 92 valence electrons. The third kappa shape index (κ3) is 3.92. The molecule has 1 rings (SSSR count). The van der Waals surface area contributed by atoms with Crippen LogP contribution in [0.2, 0.25) is 0 Å². The molecule has 0 bridgehead atoms. The second-order valence-electron chi connectivity index (χ2n) is 3.55. The summed E-state index contributed by atoms with van der Waals surface area (Å²) in [4.78, 5) is 11.0. The van der Waals surface area contributed by atoms with Crippen LogP contribution in [0.15, 0.2) is 24.3 Å². The summed E-state index contributed by atoms with van der Waals surface area (Å²) in [5.74, 6) is -0.274. The van der Waals surface area contributed by atoms with Crippen LogP contribution in [-0.4, -0.2) is 31.8 Å². The third-order valence-electron chi connectivity index (χ3n) is 2.35. The van der Waals surface area contributed by atoms with Gasteiger partial charge in [0.15, 0.2) is 0 Å². The van der Waals surface area contributed by atoms with Crippen molar-refractivity contribution in [3.8, 4) is 5.75 Å². The highest BCUT2D eigenvalue weighted by molar-refractivity contribution is 5.92. The maximum atomic E-state index is 11.0. The van der Waals surface area contributed by atoms with Crippen molar-refractivity contribution in [2.24, 2.45) is 0 Å². The van der Waals surface area contributed by atoms with Crippen molar-refractivity contribution < 1.29 is 14.6 Å². The monoisotopic (exact) mass is 235 g/mol. The summed E-state index contributed by atoms with van der Waals surface area (Å²) in [5, 5.41) is 12.1. The Hall–Kier alpha value is -1.81. The molecule has 0 heterocycles. The average Bonchev–Trinajstić information content (AvgIpc) is 2.34. The Morgan fingerprint density at radius 3 is 2.88 bits per heavy atom. The predicted molar refractivity (Wildman–Crippen MR) is 67.5 cm³/mol. The lowest BCUT2D eigenvalue weighted by Gasteiger charge is -2.04. The van der Waals surface area contributed by atoms with E-state index in [-0.39, 0.29) is 5.56 Å². The molecule has 0 saturated heterocycles. The van der Waals surface area contributed by atoms with E-state index >= 15 is 0 Å². The average molecular weight is 235 g/mol. The molecule has 0 saturated carbocycles. The number of carbonyl (C=O) groups is 1. The summed E-state index contributed by atoms with van der Waals surface area (Å²) < 4.78 is 5.08. The molecule has 0 aliphatic carbocycles. The zero-order valence-electron chi connectivity index (χ0n) is 10.1. The molecule has 0 aromatic heterocycles. The van der Waals surface area contributed by atoms with Crippen molar-refractivity contribution in [3.05, 3.63) is 35.4 Å². The zero-order chi connectivity index (χ0) is 12.7. The van der Waals surface area contributed by atoms with Gasteiger partial charge in [-0.2, -0.15) is 0 Å². The lowest BCUT2D eigenvalue weighted by atomic mass is 10.1. The Bertz CT molecular complexity index is 413. The first-order valence-corrected chi connectivity index (χ1v) is 5.41. The number of hydrogen-bond donors (Lipinski definition) is 2. The van der Waals surface area contributed by atoms with Gasteiger partial charge in [-0.05, 0) is 43.8 Å². The number of ether oxygens (including phenoxy) is 1. The van der Waals surface area contributed by atoms with Gasteiger partial charge in [0.2, 0.25) is 0 Å². The van der Waals surface area contributed by atoms with Gasteiger partial charge in [-0.3, -0.25) is 0 Å². The number of aromatic carboxylic acids is 1. The van der Waals surface area contributed by atoms with E-state index in [2.05, 4.69) is 5.32 Å². The molecule has 0 radical (unpaired) electrons. The Balaban J connectivity index is 2.92. The van der Waals surface area contributed by atoms with Crippen molar-refractivity contribution in [1.82, 2.24) is 5.32 Å². The highest BCUT2D eigenvalue weighted by Crippen LogP contribution is 2.19. The van der Waals surface area contributed by atoms with E-state index in [4.69, 9.17) is 9.84 Å². The van der Waals surface area contributed by atoms with Gasteiger partial charge in [-0.25, -0.2) is 4.79 Å². The highest BCUT2D eigenvalue weighted by Gasteiger charge is 2.08. The van der Waals surface area contributed by atoms with Crippen LogP contribution >= 0.6 is 0 Å². The summed E-state index contributed by atoms with van der Waals surface area (Å²) in [6.45, 7) is 0.864. The number of benzene rings is 1. The largest absolute Gasteiger partial charge is 0.497 e. The SMILES string of the molecule is CNCCC=Cc1cc(OC)ccc1C(=O)O. The molecule has 4 heteroatoms. The summed E-state index contributed by atoms with van der Waals surface area (Å²) in [5.41, 5.74) is 0.944. The fourth-order valence-electron chi connectivity index (χ4n) is 1.44. The Morgan fingerprint density at radius 1 is 1.53 bits per heavy atom. The molecule has 4 nitrogen and oxygen atoms in total. The van der Waals surface area contributed by atoms with Gasteiger partial charge in [-0.15, -0.1) is 0 Å². The zero-order valence-corrected chi connectivity index (χ0v) is 10.1.